The summed E-state index contributed by atoms with van der Waals surface area (Å²) in [5.74, 6) is 1.14. The van der Waals surface area contributed by atoms with Crippen molar-refractivity contribution in [2.45, 2.75) is 6.42 Å². The maximum Gasteiger partial charge on any atom is 0.262 e. The van der Waals surface area contributed by atoms with Crippen molar-refractivity contribution in [3.63, 3.8) is 0 Å². The van der Waals surface area contributed by atoms with Gasteiger partial charge in [0.2, 0.25) is 0 Å². The van der Waals surface area contributed by atoms with Gasteiger partial charge in [0.25, 0.3) is 5.91 Å². The Kier molecular flexibility index (Phi) is 5.11. The van der Waals surface area contributed by atoms with Gasteiger partial charge in [-0.05, 0) is 48.4 Å². The zero-order valence-electron chi connectivity index (χ0n) is 18.0. The Morgan fingerprint density at radius 3 is 2.44 bits per heavy atom. The molecule has 0 unspecified atom stereocenters. The van der Waals surface area contributed by atoms with Crippen LogP contribution in [0.25, 0.3) is 16.9 Å². The van der Waals surface area contributed by atoms with Crippen molar-refractivity contribution in [3.8, 4) is 28.4 Å². The fourth-order valence-corrected chi connectivity index (χ4v) is 4.13. The van der Waals surface area contributed by atoms with Crippen molar-refractivity contribution in [3.05, 3.63) is 90.1 Å². The summed E-state index contributed by atoms with van der Waals surface area (Å²) in [6, 6.07) is 23.4. The smallest absolute Gasteiger partial charge is 0.262 e. The standard InChI is InChI=1S/C26H23N3O3/c1-31-23-13-12-19(16-24(23)32-2)25-21(17-29(27-25)20-9-4-3-5-10-20)26(30)28-15-14-18-8-6-7-11-22(18)28/h3-13,16-17H,14-15H2,1-2H3. The van der Waals surface area contributed by atoms with Crippen molar-refractivity contribution < 1.29 is 14.3 Å². The number of hydrogen-bond acceptors (Lipinski definition) is 4. The number of amides is 1. The number of aromatic nitrogens is 2. The highest BCUT2D eigenvalue weighted by Gasteiger charge is 2.29. The summed E-state index contributed by atoms with van der Waals surface area (Å²) in [5, 5.41) is 4.80. The molecule has 0 N–H and O–H groups in total. The third-order valence-electron chi connectivity index (χ3n) is 5.75. The van der Waals surface area contributed by atoms with Gasteiger partial charge in [-0.2, -0.15) is 5.10 Å². The molecule has 1 aliphatic rings. The van der Waals surface area contributed by atoms with Crippen molar-refractivity contribution in [2.24, 2.45) is 0 Å². The molecular weight excluding hydrogens is 402 g/mol. The second-order valence-corrected chi connectivity index (χ2v) is 7.58. The average molecular weight is 425 g/mol. The van der Waals surface area contributed by atoms with E-state index in [0.29, 0.717) is 29.3 Å². The highest BCUT2D eigenvalue weighted by Crippen LogP contribution is 2.35. The number of carbonyl (C=O) groups excluding carboxylic acids is 1. The van der Waals surface area contributed by atoms with E-state index in [1.807, 2.05) is 77.8 Å². The molecule has 0 aliphatic carbocycles. The van der Waals surface area contributed by atoms with Gasteiger partial charge in [0, 0.05) is 24.0 Å². The van der Waals surface area contributed by atoms with Gasteiger partial charge in [0.15, 0.2) is 11.5 Å². The van der Waals surface area contributed by atoms with Gasteiger partial charge >= 0.3 is 0 Å². The van der Waals surface area contributed by atoms with Gasteiger partial charge < -0.3 is 14.4 Å². The van der Waals surface area contributed by atoms with Crippen molar-refractivity contribution in [1.82, 2.24) is 9.78 Å². The third-order valence-corrected chi connectivity index (χ3v) is 5.75. The molecule has 1 aromatic heterocycles. The first kappa shape index (κ1) is 19.9. The molecule has 5 rings (SSSR count). The Morgan fingerprint density at radius 2 is 1.66 bits per heavy atom. The van der Waals surface area contributed by atoms with Gasteiger partial charge in [-0.3, -0.25) is 4.79 Å². The van der Waals surface area contributed by atoms with E-state index < -0.39 is 0 Å². The Morgan fingerprint density at radius 1 is 0.906 bits per heavy atom. The second-order valence-electron chi connectivity index (χ2n) is 7.58. The second kappa shape index (κ2) is 8.23. The third kappa shape index (κ3) is 3.39. The number of ether oxygens (including phenoxy) is 2. The molecule has 0 bridgehead atoms. The maximum absolute atomic E-state index is 13.7. The van der Waals surface area contributed by atoms with Crippen LogP contribution in [0.2, 0.25) is 0 Å². The fourth-order valence-electron chi connectivity index (χ4n) is 4.13. The predicted octanol–water partition coefficient (Wildman–Crippen LogP) is 4.76. The van der Waals surface area contributed by atoms with Crippen molar-refractivity contribution in [1.29, 1.82) is 0 Å². The van der Waals surface area contributed by atoms with Gasteiger partial charge in [-0.15, -0.1) is 0 Å². The van der Waals surface area contributed by atoms with Crippen molar-refractivity contribution >= 4 is 11.6 Å². The lowest BCUT2D eigenvalue weighted by Crippen LogP contribution is -2.29. The number of anilines is 1. The van der Waals surface area contributed by atoms with E-state index in [2.05, 4.69) is 6.07 Å². The van der Waals surface area contributed by atoms with Crippen LogP contribution in [0.4, 0.5) is 5.69 Å². The van der Waals surface area contributed by atoms with E-state index in [0.717, 1.165) is 23.4 Å². The molecule has 0 fully saturated rings. The molecular formula is C26H23N3O3. The van der Waals surface area contributed by atoms with E-state index in [9.17, 15) is 4.79 Å². The lowest BCUT2D eigenvalue weighted by atomic mass is 10.1. The van der Waals surface area contributed by atoms with Crippen LogP contribution in [0, 0.1) is 0 Å². The fraction of sp³-hybridized carbons (Fsp3) is 0.154. The first-order valence-corrected chi connectivity index (χ1v) is 10.5. The number of para-hydroxylation sites is 2. The summed E-state index contributed by atoms with van der Waals surface area (Å²) in [7, 11) is 3.19. The van der Waals surface area contributed by atoms with E-state index in [1.54, 1.807) is 18.9 Å². The highest BCUT2D eigenvalue weighted by molar-refractivity contribution is 6.10. The van der Waals surface area contributed by atoms with Gasteiger partial charge in [-0.25, -0.2) is 4.68 Å². The topological polar surface area (TPSA) is 56.6 Å². The molecule has 32 heavy (non-hydrogen) atoms. The Bertz CT molecular complexity index is 1280. The van der Waals surface area contributed by atoms with E-state index in [-0.39, 0.29) is 5.91 Å². The summed E-state index contributed by atoms with van der Waals surface area (Å²) in [4.78, 5) is 15.6. The molecule has 3 aromatic carbocycles. The minimum atomic E-state index is -0.0677. The Labute approximate surface area is 186 Å². The number of benzene rings is 3. The van der Waals surface area contributed by atoms with Crippen molar-refractivity contribution in [2.75, 3.05) is 25.7 Å². The van der Waals surface area contributed by atoms with Crippen LogP contribution in [0.15, 0.2) is 79.0 Å². The number of hydrogen-bond donors (Lipinski definition) is 0. The first-order valence-electron chi connectivity index (χ1n) is 10.5. The van der Waals surface area contributed by atoms with E-state index >= 15 is 0 Å². The van der Waals surface area contributed by atoms with Crippen LogP contribution in [-0.2, 0) is 6.42 Å². The zero-order valence-corrected chi connectivity index (χ0v) is 18.0. The lowest BCUT2D eigenvalue weighted by Gasteiger charge is -2.17. The van der Waals surface area contributed by atoms with Gasteiger partial charge in [0.05, 0.1) is 25.5 Å². The molecule has 0 saturated carbocycles. The molecule has 0 atom stereocenters. The minimum Gasteiger partial charge on any atom is -0.493 e. The normalized spacial score (nSPS) is 12.5. The largest absolute Gasteiger partial charge is 0.493 e. The lowest BCUT2D eigenvalue weighted by molar-refractivity contribution is 0.0990. The molecule has 0 radical (unpaired) electrons. The van der Waals surface area contributed by atoms with E-state index in [4.69, 9.17) is 14.6 Å². The molecule has 1 amide bonds. The molecule has 4 aromatic rings. The van der Waals surface area contributed by atoms with Crippen LogP contribution in [-0.4, -0.2) is 36.5 Å². The Hall–Kier alpha value is -4.06. The number of carbonyl (C=O) groups is 1. The quantitative estimate of drug-likeness (QED) is 0.463. The number of methoxy groups -OCH3 is 2. The zero-order chi connectivity index (χ0) is 22.1. The highest BCUT2D eigenvalue weighted by atomic mass is 16.5. The summed E-state index contributed by atoms with van der Waals surface area (Å²) in [6.45, 7) is 0.653. The summed E-state index contributed by atoms with van der Waals surface area (Å²) >= 11 is 0. The summed E-state index contributed by atoms with van der Waals surface area (Å²) in [6.07, 6.45) is 2.66. The molecule has 6 heteroatoms. The maximum atomic E-state index is 13.7. The number of nitrogens with zero attached hydrogens (tertiary/aromatic N) is 3. The number of fused-ring (bicyclic) bond motifs is 1. The number of rotatable bonds is 5. The minimum absolute atomic E-state index is 0.0677. The summed E-state index contributed by atoms with van der Waals surface area (Å²) in [5.41, 5.74) is 4.96. The SMILES string of the molecule is COc1ccc(-c2nn(-c3ccccc3)cc2C(=O)N2CCc3ccccc32)cc1OC. The molecule has 1 aliphatic heterocycles. The van der Waals surface area contributed by atoms with Gasteiger partial charge in [0.1, 0.15) is 5.69 Å². The van der Waals surface area contributed by atoms with Crippen LogP contribution < -0.4 is 14.4 Å². The first-order chi connectivity index (χ1) is 15.7. The average Bonchev–Trinajstić information content (AvgIpc) is 3.49. The van der Waals surface area contributed by atoms with Gasteiger partial charge in [-0.1, -0.05) is 36.4 Å². The van der Waals surface area contributed by atoms with Crippen LogP contribution >= 0.6 is 0 Å². The van der Waals surface area contributed by atoms with Crippen LogP contribution in [0.1, 0.15) is 15.9 Å². The molecule has 0 saturated heterocycles. The molecule has 160 valence electrons. The van der Waals surface area contributed by atoms with E-state index in [1.165, 1.54) is 5.56 Å². The van der Waals surface area contributed by atoms with Crippen LogP contribution in [0.5, 0.6) is 11.5 Å². The predicted molar refractivity (Wildman–Crippen MR) is 124 cm³/mol. The monoisotopic (exact) mass is 425 g/mol. The summed E-state index contributed by atoms with van der Waals surface area (Å²) < 4.78 is 12.6. The van der Waals surface area contributed by atoms with Crippen LogP contribution in [0.3, 0.4) is 0 Å². The molecule has 2 heterocycles. The Balaban J connectivity index is 1.63. The molecule has 0 spiro atoms. The molecule has 6 nitrogen and oxygen atoms in total.